The first kappa shape index (κ1) is 26.6. The molecule has 1 heterocycles. The van der Waals surface area contributed by atoms with Gasteiger partial charge in [-0.25, -0.2) is 4.79 Å². The maximum Gasteiger partial charge on any atom is 0.326 e. The largest absolute Gasteiger partial charge is 0.480 e. The lowest BCUT2D eigenvalue weighted by atomic mass is 9.98. The van der Waals surface area contributed by atoms with E-state index in [1.807, 2.05) is 13.2 Å². The van der Waals surface area contributed by atoms with E-state index in [1.165, 1.54) is 16.7 Å². The summed E-state index contributed by atoms with van der Waals surface area (Å²) in [6.07, 6.45) is 3.97. The summed E-state index contributed by atoms with van der Waals surface area (Å²) in [4.78, 5) is 51.1. The van der Waals surface area contributed by atoms with Crippen LogP contribution in [0.3, 0.4) is 0 Å². The monoisotopic (exact) mass is 462 g/mol. The molecule has 1 aliphatic rings. The van der Waals surface area contributed by atoms with Gasteiger partial charge in [0.1, 0.15) is 18.1 Å². The topological polar surface area (TPSA) is 142 Å². The number of nitrogens with two attached hydrogens (primary N) is 1. The SMILES string of the molecule is CCC(C)C(NC(=O)C(CCSC)NC(=O)C1CCCN1C(=O)C(N)CS)C(=O)O. The van der Waals surface area contributed by atoms with Crippen molar-refractivity contribution in [2.75, 3.05) is 24.3 Å². The molecule has 0 bridgehead atoms. The second kappa shape index (κ2) is 13.1. The Morgan fingerprint density at radius 2 is 1.97 bits per heavy atom. The second-order valence-corrected chi connectivity index (χ2v) is 8.88. The Bertz CT molecular complexity index is 622. The molecule has 5 atom stereocenters. The van der Waals surface area contributed by atoms with Crippen LogP contribution in [0.1, 0.15) is 39.5 Å². The molecule has 0 radical (unpaired) electrons. The number of hydrogen-bond donors (Lipinski definition) is 5. The Morgan fingerprint density at radius 3 is 2.50 bits per heavy atom. The lowest BCUT2D eigenvalue weighted by Gasteiger charge is -2.29. The number of likely N-dealkylation sites (tertiary alicyclic amines) is 1. The zero-order chi connectivity index (χ0) is 22.8. The highest BCUT2D eigenvalue weighted by molar-refractivity contribution is 7.98. The number of rotatable bonds is 12. The molecular formula is C19H34N4O5S2. The molecule has 1 fully saturated rings. The Hall–Kier alpha value is -1.46. The standard InChI is InChI=1S/C19H34N4O5S2/c1-4-11(2)15(19(27)28)22-16(24)13(7-9-30-3)21-17(25)14-6-5-8-23(14)18(26)12(20)10-29/h11-15,29H,4-10,20H2,1-3H3,(H,21,25)(H,22,24)(H,27,28). The number of hydrogen-bond acceptors (Lipinski definition) is 7. The molecule has 1 aliphatic heterocycles. The highest BCUT2D eigenvalue weighted by Crippen LogP contribution is 2.19. The first-order chi connectivity index (χ1) is 14.2. The van der Waals surface area contributed by atoms with Gasteiger partial charge in [0.25, 0.3) is 0 Å². The zero-order valence-corrected chi connectivity index (χ0v) is 19.5. The lowest BCUT2D eigenvalue weighted by Crippen LogP contribution is -2.57. The van der Waals surface area contributed by atoms with E-state index < -0.39 is 42.0 Å². The Balaban J connectivity index is 2.90. The van der Waals surface area contributed by atoms with Gasteiger partial charge in [-0.2, -0.15) is 24.4 Å². The van der Waals surface area contributed by atoms with E-state index in [0.717, 1.165) is 0 Å². The third-order valence-corrected chi connectivity index (χ3v) is 6.41. The van der Waals surface area contributed by atoms with Crippen molar-refractivity contribution >= 4 is 48.1 Å². The molecule has 1 rings (SSSR count). The molecule has 5 N–H and O–H groups in total. The summed E-state index contributed by atoms with van der Waals surface area (Å²) < 4.78 is 0. The van der Waals surface area contributed by atoms with Gasteiger partial charge in [-0.15, -0.1) is 0 Å². The van der Waals surface area contributed by atoms with Crippen LogP contribution in [0, 0.1) is 5.92 Å². The maximum atomic E-state index is 12.9. The van der Waals surface area contributed by atoms with E-state index in [2.05, 4.69) is 23.3 Å². The fraction of sp³-hybridized carbons (Fsp3) is 0.789. The number of nitrogens with zero attached hydrogens (tertiary/aromatic N) is 1. The fourth-order valence-electron chi connectivity index (χ4n) is 3.30. The Labute approximate surface area is 187 Å². The van der Waals surface area contributed by atoms with Gasteiger partial charge >= 0.3 is 5.97 Å². The van der Waals surface area contributed by atoms with Crippen molar-refractivity contribution in [2.45, 2.75) is 63.7 Å². The zero-order valence-electron chi connectivity index (χ0n) is 17.8. The minimum atomic E-state index is -1.11. The van der Waals surface area contributed by atoms with Crippen molar-refractivity contribution in [3.05, 3.63) is 0 Å². The highest BCUT2D eigenvalue weighted by Gasteiger charge is 2.37. The number of thiol groups is 1. The molecule has 0 aromatic heterocycles. The molecular weight excluding hydrogens is 428 g/mol. The van der Waals surface area contributed by atoms with Crippen LogP contribution in [0.5, 0.6) is 0 Å². The van der Waals surface area contributed by atoms with Crippen LogP contribution in [0.4, 0.5) is 0 Å². The summed E-state index contributed by atoms with van der Waals surface area (Å²) in [5, 5.41) is 14.7. The molecule has 0 saturated carbocycles. The molecule has 9 nitrogen and oxygen atoms in total. The van der Waals surface area contributed by atoms with E-state index in [0.29, 0.717) is 38.0 Å². The maximum absolute atomic E-state index is 12.9. The summed E-state index contributed by atoms with van der Waals surface area (Å²) in [6.45, 7) is 4.03. The van der Waals surface area contributed by atoms with Gasteiger partial charge < -0.3 is 26.4 Å². The summed E-state index contributed by atoms with van der Waals surface area (Å²) in [6, 6.07) is -3.40. The van der Waals surface area contributed by atoms with E-state index in [-0.39, 0.29) is 17.6 Å². The summed E-state index contributed by atoms with van der Waals surface area (Å²) >= 11 is 5.56. The van der Waals surface area contributed by atoms with Crippen LogP contribution < -0.4 is 16.4 Å². The predicted octanol–water partition coefficient (Wildman–Crippen LogP) is 0.0879. The minimum absolute atomic E-state index is 0.175. The van der Waals surface area contributed by atoms with Gasteiger partial charge in [0.15, 0.2) is 0 Å². The van der Waals surface area contributed by atoms with Crippen molar-refractivity contribution in [1.82, 2.24) is 15.5 Å². The molecule has 0 spiro atoms. The molecule has 0 aromatic rings. The number of carboxylic acids is 1. The van der Waals surface area contributed by atoms with E-state index >= 15 is 0 Å². The number of nitrogens with one attached hydrogen (secondary N) is 2. The van der Waals surface area contributed by atoms with E-state index in [9.17, 15) is 24.3 Å². The molecule has 5 unspecified atom stereocenters. The molecule has 11 heteroatoms. The number of thioether (sulfide) groups is 1. The number of aliphatic carboxylic acids is 1. The number of carbonyl (C=O) groups is 4. The van der Waals surface area contributed by atoms with Gasteiger partial charge in [0, 0.05) is 12.3 Å². The predicted molar refractivity (Wildman–Crippen MR) is 121 cm³/mol. The molecule has 1 saturated heterocycles. The van der Waals surface area contributed by atoms with E-state index in [4.69, 9.17) is 5.73 Å². The van der Waals surface area contributed by atoms with Gasteiger partial charge in [0.05, 0.1) is 6.04 Å². The van der Waals surface area contributed by atoms with Crippen molar-refractivity contribution < 1.29 is 24.3 Å². The number of amides is 3. The first-order valence-electron chi connectivity index (χ1n) is 10.2. The van der Waals surface area contributed by atoms with Crippen LogP contribution >= 0.6 is 24.4 Å². The Morgan fingerprint density at radius 1 is 1.30 bits per heavy atom. The van der Waals surface area contributed by atoms with Crippen molar-refractivity contribution in [3.63, 3.8) is 0 Å². The summed E-state index contributed by atoms with van der Waals surface area (Å²) in [5.41, 5.74) is 5.78. The lowest BCUT2D eigenvalue weighted by molar-refractivity contribution is -0.144. The molecule has 30 heavy (non-hydrogen) atoms. The van der Waals surface area contributed by atoms with Gasteiger partial charge in [-0.3, -0.25) is 14.4 Å². The first-order valence-corrected chi connectivity index (χ1v) is 12.2. The number of carboxylic acid groups (broad SMARTS) is 1. The molecule has 172 valence electrons. The summed E-state index contributed by atoms with van der Waals surface area (Å²) in [5.74, 6) is -1.88. The van der Waals surface area contributed by atoms with Crippen molar-refractivity contribution in [3.8, 4) is 0 Å². The van der Waals surface area contributed by atoms with Crippen molar-refractivity contribution in [2.24, 2.45) is 11.7 Å². The summed E-state index contributed by atoms with van der Waals surface area (Å²) in [7, 11) is 0. The van der Waals surface area contributed by atoms with Crippen LogP contribution in [-0.4, -0.2) is 82.2 Å². The smallest absolute Gasteiger partial charge is 0.326 e. The van der Waals surface area contributed by atoms with Crippen LogP contribution in [0.2, 0.25) is 0 Å². The average molecular weight is 463 g/mol. The van der Waals surface area contributed by atoms with Gasteiger partial charge in [0.2, 0.25) is 17.7 Å². The quantitative estimate of drug-likeness (QED) is 0.259. The molecule has 0 aromatic carbocycles. The van der Waals surface area contributed by atoms with Crippen molar-refractivity contribution in [1.29, 1.82) is 0 Å². The van der Waals surface area contributed by atoms with Crippen LogP contribution in [-0.2, 0) is 19.2 Å². The minimum Gasteiger partial charge on any atom is -0.480 e. The van der Waals surface area contributed by atoms with Gasteiger partial charge in [-0.1, -0.05) is 20.3 Å². The highest BCUT2D eigenvalue weighted by atomic mass is 32.2. The normalized spacial score (nSPS) is 20.2. The van der Waals surface area contributed by atoms with Gasteiger partial charge in [-0.05, 0) is 37.2 Å². The number of carbonyl (C=O) groups excluding carboxylic acids is 3. The Kier molecular flexibility index (Phi) is 11.6. The molecule has 0 aliphatic carbocycles. The second-order valence-electron chi connectivity index (χ2n) is 7.53. The average Bonchev–Trinajstić information content (AvgIpc) is 3.22. The van der Waals surface area contributed by atoms with E-state index in [1.54, 1.807) is 6.92 Å². The van der Waals surface area contributed by atoms with Crippen LogP contribution in [0.25, 0.3) is 0 Å². The third-order valence-electron chi connectivity index (χ3n) is 5.37. The van der Waals surface area contributed by atoms with Crippen LogP contribution in [0.15, 0.2) is 0 Å². The third kappa shape index (κ3) is 7.35. The fourth-order valence-corrected chi connectivity index (χ4v) is 3.93. The molecule has 3 amide bonds.